The number of aromatic hydroxyl groups is 1. The first-order valence-electron chi connectivity index (χ1n) is 9.67. The van der Waals surface area contributed by atoms with E-state index in [2.05, 4.69) is 26.2 Å². The molecule has 0 radical (unpaired) electrons. The summed E-state index contributed by atoms with van der Waals surface area (Å²) in [5, 5.41) is 31.5. The van der Waals surface area contributed by atoms with E-state index in [-0.39, 0.29) is 36.8 Å². The molecule has 3 atom stereocenters. The van der Waals surface area contributed by atoms with Crippen molar-refractivity contribution in [1.29, 1.82) is 0 Å². The van der Waals surface area contributed by atoms with Crippen LogP contribution >= 0.6 is 15.9 Å². The number of aromatic nitrogens is 2. The summed E-state index contributed by atoms with van der Waals surface area (Å²) in [5.74, 6) is -0.199. The molecule has 0 aliphatic carbocycles. The van der Waals surface area contributed by atoms with Crippen LogP contribution in [-0.4, -0.2) is 49.8 Å². The zero-order valence-corrected chi connectivity index (χ0v) is 18.4. The topological polar surface area (TPSA) is 173 Å². The van der Waals surface area contributed by atoms with E-state index < -0.39 is 35.8 Å². The van der Waals surface area contributed by atoms with Gasteiger partial charge in [0, 0.05) is 35.7 Å². The van der Waals surface area contributed by atoms with Gasteiger partial charge >= 0.3 is 17.4 Å². The normalized spacial score (nSPS) is 20.2. The number of carbonyl (C=O) groups is 1. The molecule has 13 heteroatoms. The average molecular weight is 524 g/mol. The molecule has 1 fully saturated rings. The molecule has 3 aromatic rings. The Balaban J connectivity index is 1.44. The maximum absolute atomic E-state index is 12.3. The highest BCUT2D eigenvalue weighted by molar-refractivity contribution is 9.10. The molecule has 0 spiro atoms. The van der Waals surface area contributed by atoms with Gasteiger partial charge in [0.2, 0.25) is 0 Å². The molecule has 1 aliphatic heterocycles. The van der Waals surface area contributed by atoms with Gasteiger partial charge in [-0.3, -0.25) is 9.88 Å². The minimum Gasteiger partial charge on any atom is -0.507 e. The fourth-order valence-corrected chi connectivity index (χ4v) is 3.73. The number of aliphatic hydroxyl groups is 2. The number of carbonyl (C=O) groups excluding carboxylic acids is 1. The Kier molecular flexibility index (Phi) is 6.47. The van der Waals surface area contributed by atoms with Crippen molar-refractivity contribution < 1.29 is 34.0 Å². The molecule has 0 saturated carbocycles. The third-order valence-electron chi connectivity index (χ3n) is 5.01. The van der Waals surface area contributed by atoms with Crippen LogP contribution in [0.15, 0.2) is 48.9 Å². The van der Waals surface area contributed by atoms with Crippen molar-refractivity contribution >= 4 is 38.8 Å². The van der Waals surface area contributed by atoms with Gasteiger partial charge in [-0.15, -0.1) is 0 Å². The number of phenolic OH excluding ortho intramolecular Hbond substituents is 1. The first-order valence-corrected chi connectivity index (χ1v) is 10.5. The van der Waals surface area contributed by atoms with Crippen molar-refractivity contribution in [2.45, 2.75) is 31.5 Å². The number of hydrogen-bond donors (Lipinski definition) is 4. The van der Waals surface area contributed by atoms with Crippen molar-refractivity contribution in [2.75, 3.05) is 11.9 Å². The summed E-state index contributed by atoms with van der Waals surface area (Å²) in [6.07, 6.45) is -1.99. The molecule has 4 rings (SSSR count). The van der Waals surface area contributed by atoms with Gasteiger partial charge in [-0.25, -0.2) is 14.4 Å². The Morgan fingerprint density at radius 1 is 1.33 bits per heavy atom. The van der Waals surface area contributed by atoms with Crippen LogP contribution in [0, 0.1) is 0 Å². The van der Waals surface area contributed by atoms with Gasteiger partial charge in [0.1, 0.15) is 36.1 Å². The van der Waals surface area contributed by atoms with E-state index in [1.54, 1.807) is 0 Å². The lowest BCUT2D eigenvalue weighted by Gasteiger charge is -2.14. The molecule has 0 bridgehead atoms. The monoisotopic (exact) mass is 523 g/mol. The molecule has 1 aromatic carbocycles. The van der Waals surface area contributed by atoms with Gasteiger partial charge in [-0.1, -0.05) is 0 Å². The molecular weight excluding hydrogens is 506 g/mol. The van der Waals surface area contributed by atoms with Crippen LogP contribution in [0.25, 0.3) is 11.0 Å². The smallest absolute Gasteiger partial charge is 0.413 e. The minimum atomic E-state index is -0.924. The number of nitrogens with zero attached hydrogens (tertiary/aromatic N) is 2. The summed E-state index contributed by atoms with van der Waals surface area (Å²) >= 11 is 3.18. The number of nitrogens with one attached hydrogen (secondary N) is 1. The van der Waals surface area contributed by atoms with E-state index in [0.717, 1.165) is 10.6 Å². The third kappa shape index (κ3) is 4.90. The van der Waals surface area contributed by atoms with E-state index in [1.165, 1.54) is 24.4 Å². The number of anilines is 1. The summed E-state index contributed by atoms with van der Waals surface area (Å²) in [4.78, 5) is 40.0. The molecule has 33 heavy (non-hydrogen) atoms. The van der Waals surface area contributed by atoms with Crippen LogP contribution in [0.5, 0.6) is 5.75 Å². The number of aliphatic hydroxyl groups excluding tert-OH is 2. The predicted octanol–water partition coefficient (Wildman–Crippen LogP) is 1.21. The molecule has 12 nitrogen and oxygen atoms in total. The zero-order valence-electron chi connectivity index (χ0n) is 16.8. The molecular formula is C20H18BrN3O9. The lowest BCUT2D eigenvalue weighted by molar-refractivity contribution is -0.0458. The summed E-state index contributed by atoms with van der Waals surface area (Å²) in [7, 11) is 0. The molecule has 174 valence electrons. The quantitative estimate of drug-likeness (QED) is 0.355. The number of phenols is 1. The number of amides is 1. The maximum Gasteiger partial charge on any atom is 0.413 e. The molecule has 0 unspecified atom stereocenters. The van der Waals surface area contributed by atoms with Crippen LogP contribution in [0.4, 0.5) is 10.6 Å². The number of fused-ring (bicyclic) bond motifs is 1. The second-order valence-electron chi connectivity index (χ2n) is 7.21. The largest absolute Gasteiger partial charge is 0.507 e. The third-order valence-corrected chi connectivity index (χ3v) is 5.65. The second-order valence-corrected chi connectivity index (χ2v) is 8.06. The van der Waals surface area contributed by atoms with E-state index in [9.17, 15) is 24.6 Å². The van der Waals surface area contributed by atoms with E-state index in [1.807, 2.05) is 0 Å². The fourth-order valence-electron chi connectivity index (χ4n) is 3.39. The molecule has 1 amide bonds. The fraction of sp³-hybridized carbons (Fsp3) is 0.300. The van der Waals surface area contributed by atoms with E-state index in [0.29, 0.717) is 15.4 Å². The van der Waals surface area contributed by atoms with Crippen molar-refractivity contribution in [1.82, 2.24) is 9.55 Å². The maximum atomic E-state index is 12.3. The summed E-state index contributed by atoms with van der Waals surface area (Å²) in [6, 6.07) is 5.29. The average Bonchev–Trinajstić information content (AvgIpc) is 3.13. The number of rotatable bonds is 5. The first kappa shape index (κ1) is 22.9. The summed E-state index contributed by atoms with van der Waals surface area (Å²) in [6.45, 7) is -0.680. The standard InChI is InChI=1S/C20H18BrN3O9/c21-11-4-10-9(3-18(28)33-14(10)5-12(11)26)8-31-20(30)23-16-1-2-24(19(29)22-16)17-6-13(27)15(7-25)32-17/h1-5,13,15,17,25-27H,6-8H2,(H,22,23,29,30)/t13-,15+,17+/m0/s1. The van der Waals surface area contributed by atoms with Gasteiger partial charge in [0.15, 0.2) is 0 Å². The highest BCUT2D eigenvalue weighted by Gasteiger charge is 2.35. The van der Waals surface area contributed by atoms with Gasteiger partial charge < -0.3 is 29.2 Å². The number of hydrogen-bond acceptors (Lipinski definition) is 10. The minimum absolute atomic E-state index is 0.0800. The van der Waals surface area contributed by atoms with Crippen molar-refractivity contribution in [2.24, 2.45) is 0 Å². The predicted molar refractivity (Wildman–Crippen MR) is 116 cm³/mol. The second kappa shape index (κ2) is 9.31. The SMILES string of the molecule is O=C(Nc1ccn([C@H]2C[C@H](O)[C@@H](CO)O2)c(=O)n1)OCc1cc(=O)oc2cc(O)c(Br)cc12. The zero-order chi connectivity index (χ0) is 23.7. The summed E-state index contributed by atoms with van der Waals surface area (Å²) in [5.41, 5.74) is -0.956. The van der Waals surface area contributed by atoms with Gasteiger partial charge in [-0.05, 0) is 28.1 Å². The molecule has 4 N–H and O–H groups in total. The van der Waals surface area contributed by atoms with Crippen LogP contribution < -0.4 is 16.6 Å². The number of benzene rings is 1. The van der Waals surface area contributed by atoms with Gasteiger partial charge in [-0.2, -0.15) is 4.98 Å². The van der Waals surface area contributed by atoms with Crippen LogP contribution in [0.2, 0.25) is 0 Å². The van der Waals surface area contributed by atoms with Crippen molar-refractivity contribution in [3.05, 3.63) is 61.4 Å². The summed E-state index contributed by atoms with van der Waals surface area (Å²) < 4.78 is 17.1. The molecule has 1 saturated heterocycles. The Morgan fingerprint density at radius 3 is 2.82 bits per heavy atom. The lowest BCUT2D eigenvalue weighted by atomic mass is 10.1. The van der Waals surface area contributed by atoms with Crippen LogP contribution in [0.1, 0.15) is 18.2 Å². The van der Waals surface area contributed by atoms with Crippen LogP contribution in [-0.2, 0) is 16.1 Å². The Labute approximate surface area is 193 Å². The van der Waals surface area contributed by atoms with Crippen LogP contribution in [0.3, 0.4) is 0 Å². The molecule has 2 aromatic heterocycles. The Morgan fingerprint density at radius 2 is 2.12 bits per heavy atom. The van der Waals surface area contributed by atoms with Crippen molar-refractivity contribution in [3.8, 4) is 5.75 Å². The van der Waals surface area contributed by atoms with Gasteiger partial charge in [0.05, 0.1) is 17.2 Å². The lowest BCUT2D eigenvalue weighted by Crippen LogP contribution is -2.28. The van der Waals surface area contributed by atoms with Crippen molar-refractivity contribution in [3.63, 3.8) is 0 Å². The molecule has 1 aliphatic rings. The number of ether oxygens (including phenoxy) is 2. The molecule has 3 heterocycles. The first-order chi connectivity index (χ1) is 15.7. The Bertz CT molecular complexity index is 1320. The van der Waals surface area contributed by atoms with Gasteiger partial charge in [0.25, 0.3) is 0 Å². The Hall–Kier alpha value is -3.26. The highest BCUT2D eigenvalue weighted by Crippen LogP contribution is 2.31. The van der Waals surface area contributed by atoms with E-state index >= 15 is 0 Å². The van der Waals surface area contributed by atoms with E-state index in [4.69, 9.17) is 19.0 Å². The number of halogens is 1. The highest BCUT2D eigenvalue weighted by atomic mass is 79.9.